The zero-order valence-electron chi connectivity index (χ0n) is 7.36. The van der Waals surface area contributed by atoms with Gasteiger partial charge in [0, 0.05) is 0 Å². The molecule has 3 heteroatoms. The van der Waals surface area contributed by atoms with Gasteiger partial charge in [-0.25, -0.2) is 2.95 Å². The maximum Gasteiger partial charge on any atom is 0.0627 e. The van der Waals surface area contributed by atoms with Crippen molar-refractivity contribution in [3.8, 4) is 0 Å². The van der Waals surface area contributed by atoms with Gasteiger partial charge in [-0.3, -0.25) is 0 Å². The van der Waals surface area contributed by atoms with Gasteiger partial charge in [-0.15, -0.1) is 0 Å². The molecule has 66 valence electrons. The molecule has 1 aromatic carbocycles. The van der Waals surface area contributed by atoms with E-state index in [-0.39, 0.29) is 0 Å². The Morgan fingerprint density at radius 1 is 1.00 bits per heavy atom. The molecule has 0 aliphatic rings. The van der Waals surface area contributed by atoms with Gasteiger partial charge in [0.2, 0.25) is 0 Å². The Morgan fingerprint density at radius 3 is 2.08 bits per heavy atom. The van der Waals surface area contributed by atoms with E-state index in [1.54, 1.807) is 2.95 Å². The van der Waals surface area contributed by atoms with Crippen molar-refractivity contribution in [3.63, 3.8) is 0 Å². The van der Waals surface area contributed by atoms with E-state index in [0.717, 1.165) is 5.69 Å². The van der Waals surface area contributed by atoms with Crippen LogP contribution in [0.3, 0.4) is 0 Å². The van der Waals surface area contributed by atoms with Crippen LogP contribution in [-0.2, 0) is 0 Å². The van der Waals surface area contributed by atoms with Gasteiger partial charge in [-0.1, -0.05) is 6.07 Å². The van der Waals surface area contributed by atoms with Crippen LogP contribution in [0.2, 0.25) is 0 Å². The van der Waals surface area contributed by atoms with Gasteiger partial charge >= 0.3 is 0 Å². The lowest BCUT2D eigenvalue weighted by atomic mass is 10.0. The number of benzene rings is 1. The van der Waals surface area contributed by atoms with E-state index in [0.29, 0.717) is 0 Å². The van der Waals surface area contributed by atoms with Gasteiger partial charge in [0.1, 0.15) is 0 Å². The van der Waals surface area contributed by atoms with E-state index < -0.39 is 0 Å². The summed E-state index contributed by atoms with van der Waals surface area (Å²) in [7, 11) is 0. The minimum Gasteiger partial charge on any atom is -0.242 e. The predicted molar refractivity (Wildman–Crippen MR) is 61.0 cm³/mol. The fourth-order valence-electron chi connectivity index (χ4n) is 1.12. The topological polar surface area (TPSA) is 3.24 Å². The number of aryl methyl sites for hydroxylation is 1. The van der Waals surface area contributed by atoms with Crippen LogP contribution in [0.1, 0.15) is 16.7 Å². The molecule has 0 fully saturated rings. The average Bonchev–Trinajstić information content (AvgIpc) is 2.00. The van der Waals surface area contributed by atoms with Crippen molar-refractivity contribution in [2.24, 2.45) is 0 Å². The monoisotopic (exact) mass is 291 g/mol. The number of halogens is 2. The molecule has 0 aliphatic heterocycles. The first-order chi connectivity index (χ1) is 5.54. The van der Waals surface area contributed by atoms with Crippen molar-refractivity contribution in [1.29, 1.82) is 0 Å². The molecule has 0 spiro atoms. The van der Waals surface area contributed by atoms with Gasteiger partial charge < -0.3 is 0 Å². The van der Waals surface area contributed by atoms with E-state index >= 15 is 0 Å². The van der Waals surface area contributed by atoms with Crippen LogP contribution in [-0.4, -0.2) is 0 Å². The molecule has 12 heavy (non-hydrogen) atoms. The maximum atomic E-state index is 3.34. The van der Waals surface area contributed by atoms with E-state index in [2.05, 4.69) is 65.2 Å². The second kappa shape index (κ2) is 3.79. The van der Waals surface area contributed by atoms with E-state index in [1.165, 1.54) is 16.7 Å². The minimum atomic E-state index is 1.15. The summed E-state index contributed by atoms with van der Waals surface area (Å²) >= 11 is 6.68. The summed E-state index contributed by atoms with van der Waals surface area (Å²) in [5, 5.41) is 0. The third-order valence-electron chi connectivity index (χ3n) is 2.21. The number of hydrogen-bond acceptors (Lipinski definition) is 1. The molecule has 0 aliphatic carbocycles. The Labute approximate surface area is 90.4 Å². The number of anilines is 1. The molecule has 1 rings (SSSR count). The fraction of sp³-hybridized carbons (Fsp3) is 0.333. The summed E-state index contributed by atoms with van der Waals surface area (Å²) in [6, 6.07) is 4.20. The van der Waals surface area contributed by atoms with Crippen molar-refractivity contribution < 1.29 is 0 Å². The van der Waals surface area contributed by atoms with Crippen molar-refractivity contribution in [2.75, 3.05) is 2.95 Å². The van der Waals surface area contributed by atoms with Crippen LogP contribution in [0.25, 0.3) is 0 Å². The molecule has 0 saturated heterocycles. The molecule has 0 heterocycles. The Hall–Kier alpha value is -0.0200. The Morgan fingerprint density at radius 2 is 1.58 bits per heavy atom. The molecule has 1 nitrogen and oxygen atoms in total. The van der Waals surface area contributed by atoms with Crippen LogP contribution in [0, 0.1) is 20.8 Å². The largest absolute Gasteiger partial charge is 0.242 e. The number of hydrogen-bond donors (Lipinski definition) is 0. The molecule has 1 aromatic rings. The highest BCUT2D eigenvalue weighted by Crippen LogP contribution is 2.29. The second-order valence-electron chi connectivity index (χ2n) is 2.88. The molecule has 0 unspecified atom stereocenters. The summed E-state index contributed by atoms with van der Waals surface area (Å²) in [6.07, 6.45) is 0. The molecule has 0 aromatic heterocycles. The summed E-state index contributed by atoms with van der Waals surface area (Å²) in [5.74, 6) is 0. The zero-order valence-corrected chi connectivity index (χ0v) is 10.5. The van der Waals surface area contributed by atoms with Crippen molar-refractivity contribution in [2.45, 2.75) is 20.8 Å². The normalized spacial score (nSPS) is 10.1. The Balaban J connectivity index is 3.27. The van der Waals surface area contributed by atoms with Crippen LogP contribution in [0.15, 0.2) is 12.1 Å². The van der Waals surface area contributed by atoms with Crippen LogP contribution in [0.5, 0.6) is 0 Å². The molecular formula is C9H11Br2N. The molecule has 0 saturated carbocycles. The third kappa shape index (κ3) is 1.83. The zero-order chi connectivity index (χ0) is 9.30. The lowest BCUT2D eigenvalue weighted by Gasteiger charge is -2.13. The van der Waals surface area contributed by atoms with Gasteiger partial charge in [0.15, 0.2) is 0 Å². The van der Waals surface area contributed by atoms with Gasteiger partial charge in [-0.2, -0.15) is 0 Å². The van der Waals surface area contributed by atoms with Crippen molar-refractivity contribution in [3.05, 3.63) is 28.8 Å². The highest BCUT2D eigenvalue weighted by Gasteiger charge is 2.06. The first-order valence-corrected chi connectivity index (χ1v) is 5.14. The van der Waals surface area contributed by atoms with Crippen LogP contribution >= 0.6 is 32.3 Å². The number of rotatable bonds is 1. The molecule has 0 radical (unpaired) electrons. The van der Waals surface area contributed by atoms with Crippen molar-refractivity contribution in [1.82, 2.24) is 0 Å². The first kappa shape index (κ1) is 10.1. The SMILES string of the molecule is Cc1ccc(N(Br)Br)c(C)c1C. The second-order valence-corrected chi connectivity index (χ2v) is 5.25. The molecule has 0 N–H and O–H groups in total. The maximum absolute atomic E-state index is 3.34. The van der Waals surface area contributed by atoms with E-state index in [9.17, 15) is 0 Å². The molecule has 0 amide bonds. The molecular weight excluding hydrogens is 282 g/mol. The quantitative estimate of drug-likeness (QED) is 0.706. The average molecular weight is 293 g/mol. The molecule has 0 bridgehead atoms. The highest BCUT2D eigenvalue weighted by molar-refractivity contribution is 9.25. The number of nitrogens with zero attached hydrogens (tertiary/aromatic N) is 1. The smallest absolute Gasteiger partial charge is 0.0627 e. The molecule has 0 atom stereocenters. The van der Waals surface area contributed by atoms with E-state index in [1.807, 2.05) is 0 Å². The third-order valence-corrected chi connectivity index (χ3v) is 2.98. The lowest BCUT2D eigenvalue weighted by Crippen LogP contribution is -1.96. The highest BCUT2D eigenvalue weighted by atomic mass is 79.9. The Kier molecular flexibility index (Phi) is 3.18. The minimum absolute atomic E-state index is 1.15. The van der Waals surface area contributed by atoms with Gasteiger partial charge in [-0.05, 0) is 43.5 Å². The van der Waals surface area contributed by atoms with Gasteiger partial charge in [0.25, 0.3) is 0 Å². The summed E-state index contributed by atoms with van der Waals surface area (Å²) < 4.78 is 1.78. The first-order valence-electron chi connectivity index (χ1n) is 3.72. The summed E-state index contributed by atoms with van der Waals surface area (Å²) in [6.45, 7) is 6.38. The summed E-state index contributed by atoms with van der Waals surface area (Å²) in [5.41, 5.74) is 5.12. The fourth-order valence-corrected chi connectivity index (χ4v) is 1.89. The standard InChI is InChI=1S/C9H11Br2N/c1-6-4-5-9(12(10)11)8(3)7(6)2/h4-5H,1-3H3. The summed E-state index contributed by atoms with van der Waals surface area (Å²) in [4.78, 5) is 0. The Bertz CT molecular complexity index is 295. The van der Waals surface area contributed by atoms with Crippen LogP contribution in [0.4, 0.5) is 5.69 Å². The predicted octanol–water partition coefficient (Wildman–Crippen LogP) is 4.04. The van der Waals surface area contributed by atoms with E-state index in [4.69, 9.17) is 0 Å². The van der Waals surface area contributed by atoms with Gasteiger partial charge in [0.05, 0.1) is 38.0 Å². The lowest BCUT2D eigenvalue weighted by molar-refractivity contribution is 1.26. The van der Waals surface area contributed by atoms with Crippen molar-refractivity contribution >= 4 is 38.0 Å². The van der Waals surface area contributed by atoms with Crippen LogP contribution < -0.4 is 2.95 Å².